The van der Waals surface area contributed by atoms with Gasteiger partial charge >= 0.3 is 0 Å². The molecule has 152 valence electrons. The number of aliphatic imine (C=N–C) groups is 1. The Morgan fingerprint density at radius 1 is 1.18 bits per heavy atom. The molecule has 0 amide bonds. The first-order chi connectivity index (χ1) is 13.2. The summed E-state index contributed by atoms with van der Waals surface area (Å²) >= 11 is 0. The van der Waals surface area contributed by atoms with E-state index in [0.717, 1.165) is 30.9 Å². The first kappa shape index (κ1) is 22.5. The molecular formula is C22H31IN4O. The van der Waals surface area contributed by atoms with Crippen molar-refractivity contribution < 1.29 is 4.74 Å². The number of ether oxygens (including phenoxy) is 1. The van der Waals surface area contributed by atoms with Crippen LogP contribution in [0.25, 0.3) is 0 Å². The van der Waals surface area contributed by atoms with E-state index in [1.807, 2.05) is 24.3 Å². The van der Waals surface area contributed by atoms with Crippen LogP contribution in [0.4, 0.5) is 5.69 Å². The van der Waals surface area contributed by atoms with Crippen LogP contribution in [-0.4, -0.2) is 37.6 Å². The van der Waals surface area contributed by atoms with Crippen molar-refractivity contribution in [2.24, 2.45) is 10.7 Å². The highest BCUT2D eigenvalue weighted by Crippen LogP contribution is 2.31. The lowest BCUT2D eigenvalue weighted by atomic mass is 10.0. The molecule has 1 saturated heterocycles. The monoisotopic (exact) mass is 494 g/mol. The Kier molecular flexibility index (Phi) is 9.05. The zero-order chi connectivity index (χ0) is 19.1. The summed E-state index contributed by atoms with van der Waals surface area (Å²) < 4.78 is 5.59. The second-order valence-electron chi connectivity index (χ2n) is 6.91. The summed E-state index contributed by atoms with van der Waals surface area (Å²) in [6.45, 7) is 4.92. The predicted molar refractivity (Wildman–Crippen MR) is 128 cm³/mol. The van der Waals surface area contributed by atoms with Crippen LogP contribution in [0.15, 0.2) is 53.5 Å². The second-order valence-corrected chi connectivity index (χ2v) is 6.91. The summed E-state index contributed by atoms with van der Waals surface area (Å²) in [7, 11) is 1.72. The van der Waals surface area contributed by atoms with Crippen molar-refractivity contribution >= 4 is 35.6 Å². The molecule has 0 saturated carbocycles. The second kappa shape index (κ2) is 11.3. The van der Waals surface area contributed by atoms with Crippen LogP contribution < -0.4 is 15.8 Å². The average molecular weight is 494 g/mol. The Labute approximate surface area is 185 Å². The van der Waals surface area contributed by atoms with Gasteiger partial charge in [0.15, 0.2) is 5.96 Å². The Morgan fingerprint density at radius 2 is 1.93 bits per heavy atom. The van der Waals surface area contributed by atoms with Crippen molar-refractivity contribution in [2.75, 3.05) is 32.1 Å². The van der Waals surface area contributed by atoms with Gasteiger partial charge in [0.2, 0.25) is 0 Å². The Balaban J connectivity index is 0.00000280. The maximum Gasteiger partial charge on any atom is 0.193 e. The van der Waals surface area contributed by atoms with Gasteiger partial charge < -0.3 is 15.8 Å². The van der Waals surface area contributed by atoms with Crippen molar-refractivity contribution in [2.45, 2.75) is 32.2 Å². The number of aryl methyl sites for hydroxylation is 1. The molecule has 0 aliphatic carbocycles. The van der Waals surface area contributed by atoms with Crippen molar-refractivity contribution in [3.8, 4) is 5.75 Å². The fourth-order valence-corrected chi connectivity index (χ4v) is 3.65. The van der Waals surface area contributed by atoms with E-state index in [-0.39, 0.29) is 30.0 Å². The largest absolute Gasteiger partial charge is 0.496 e. The molecule has 3 N–H and O–H groups in total. The fraction of sp³-hybridized carbons (Fsp3) is 0.409. The number of methoxy groups -OCH3 is 1. The van der Waals surface area contributed by atoms with E-state index in [9.17, 15) is 0 Å². The van der Waals surface area contributed by atoms with E-state index in [2.05, 4.69) is 46.4 Å². The van der Waals surface area contributed by atoms with Gasteiger partial charge in [-0.05, 0) is 56.1 Å². The Morgan fingerprint density at radius 3 is 2.64 bits per heavy atom. The van der Waals surface area contributed by atoms with Crippen LogP contribution >= 0.6 is 24.0 Å². The van der Waals surface area contributed by atoms with Gasteiger partial charge in [-0.15, -0.1) is 24.0 Å². The summed E-state index contributed by atoms with van der Waals surface area (Å²) in [6.07, 6.45) is 3.46. The first-order valence-electron chi connectivity index (χ1n) is 9.74. The van der Waals surface area contributed by atoms with E-state index in [1.165, 1.54) is 24.0 Å². The Hall–Kier alpha value is -1.80. The number of anilines is 1. The topological polar surface area (TPSA) is 62.9 Å². The molecule has 0 radical (unpaired) electrons. The number of para-hydroxylation sites is 1. The molecule has 1 heterocycles. The maximum atomic E-state index is 6.18. The van der Waals surface area contributed by atoms with Gasteiger partial charge in [0, 0.05) is 11.3 Å². The van der Waals surface area contributed by atoms with Gasteiger partial charge in [0.05, 0.1) is 19.7 Å². The number of nitrogens with zero attached hydrogens (tertiary/aromatic N) is 2. The molecule has 2 aromatic carbocycles. The highest BCUT2D eigenvalue weighted by Gasteiger charge is 2.25. The number of nitrogens with one attached hydrogen (secondary N) is 1. The summed E-state index contributed by atoms with van der Waals surface area (Å²) in [5.74, 6) is 1.36. The first-order valence-corrected chi connectivity index (χ1v) is 9.74. The van der Waals surface area contributed by atoms with Gasteiger partial charge in [-0.2, -0.15) is 0 Å². The third kappa shape index (κ3) is 5.85. The van der Waals surface area contributed by atoms with E-state index < -0.39 is 0 Å². The van der Waals surface area contributed by atoms with E-state index in [1.54, 1.807) is 7.11 Å². The van der Waals surface area contributed by atoms with Gasteiger partial charge in [-0.3, -0.25) is 9.89 Å². The number of rotatable bonds is 7. The Bertz CT molecular complexity index is 775. The highest BCUT2D eigenvalue weighted by atomic mass is 127. The van der Waals surface area contributed by atoms with Crippen molar-refractivity contribution in [3.05, 3.63) is 59.7 Å². The van der Waals surface area contributed by atoms with Crippen LogP contribution in [0.1, 0.15) is 36.9 Å². The molecule has 0 spiro atoms. The molecule has 3 rings (SSSR count). The van der Waals surface area contributed by atoms with Crippen molar-refractivity contribution in [1.82, 2.24) is 4.90 Å². The minimum atomic E-state index is 0. The number of hydrogen-bond donors (Lipinski definition) is 2. The molecule has 2 aromatic rings. The number of nitrogens with two attached hydrogens (primary N) is 1. The number of likely N-dealkylation sites (tertiary alicyclic amines) is 1. The molecule has 28 heavy (non-hydrogen) atoms. The van der Waals surface area contributed by atoms with Gasteiger partial charge in [0.25, 0.3) is 0 Å². The zero-order valence-corrected chi connectivity index (χ0v) is 19.1. The number of halogens is 1. The molecule has 1 fully saturated rings. The summed E-state index contributed by atoms with van der Waals surface area (Å²) in [4.78, 5) is 7.14. The third-order valence-corrected chi connectivity index (χ3v) is 5.12. The van der Waals surface area contributed by atoms with E-state index in [0.29, 0.717) is 12.5 Å². The normalized spacial score (nSPS) is 15.7. The molecule has 6 heteroatoms. The number of benzene rings is 2. The molecule has 0 bridgehead atoms. The fourth-order valence-electron chi connectivity index (χ4n) is 3.65. The van der Waals surface area contributed by atoms with Gasteiger partial charge in [-0.1, -0.05) is 37.3 Å². The van der Waals surface area contributed by atoms with E-state index >= 15 is 0 Å². The van der Waals surface area contributed by atoms with Crippen LogP contribution in [0.5, 0.6) is 5.75 Å². The molecule has 1 aliphatic heterocycles. The SMILES string of the molecule is CCc1cccc(NC(N)=NCC(c2ccccc2OC)N2CCCC2)c1.I. The maximum absolute atomic E-state index is 6.18. The predicted octanol–water partition coefficient (Wildman–Crippen LogP) is 4.44. The van der Waals surface area contributed by atoms with E-state index in [4.69, 9.17) is 10.5 Å². The molecule has 1 unspecified atom stereocenters. The number of guanidine groups is 1. The molecule has 1 aliphatic rings. The van der Waals surface area contributed by atoms with Gasteiger partial charge in [-0.25, -0.2) is 0 Å². The summed E-state index contributed by atoms with van der Waals surface area (Å²) in [5.41, 5.74) is 9.61. The summed E-state index contributed by atoms with van der Waals surface area (Å²) in [5, 5.41) is 3.22. The standard InChI is InChI=1S/C22H30N4O.HI/c1-3-17-9-8-10-18(15-17)25-22(23)24-16-20(26-13-6-7-14-26)19-11-4-5-12-21(19)27-2;/h4-5,8-12,15,20H,3,6-7,13-14,16H2,1-2H3,(H3,23,24,25);1H. The minimum absolute atomic E-state index is 0. The smallest absolute Gasteiger partial charge is 0.193 e. The molecule has 1 atom stereocenters. The van der Waals surface area contributed by atoms with Crippen LogP contribution in [0.3, 0.4) is 0 Å². The number of hydrogen-bond acceptors (Lipinski definition) is 3. The molecular weight excluding hydrogens is 463 g/mol. The minimum Gasteiger partial charge on any atom is -0.496 e. The molecule has 0 aromatic heterocycles. The lowest BCUT2D eigenvalue weighted by Crippen LogP contribution is -2.30. The van der Waals surface area contributed by atoms with Crippen LogP contribution in [0, 0.1) is 0 Å². The van der Waals surface area contributed by atoms with Crippen LogP contribution in [0.2, 0.25) is 0 Å². The highest BCUT2D eigenvalue weighted by molar-refractivity contribution is 14.0. The quantitative estimate of drug-likeness (QED) is 0.340. The van der Waals surface area contributed by atoms with Crippen LogP contribution in [-0.2, 0) is 6.42 Å². The lowest BCUT2D eigenvalue weighted by Gasteiger charge is -2.28. The zero-order valence-electron chi connectivity index (χ0n) is 16.7. The van der Waals surface area contributed by atoms with Gasteiger partial charge in [0.1, 0.15) is 5.75 Å². The third-order valence-electron chi connectivity index (χ3n) is 5.12. The summed E-state index contributed by atoms with van der Waals surface area (Å²) in [6, 6.07) is 16.7. The van der Waals surface area contributed by atoms with Crippen molar-refractivity contribution in [1.29, 1.82) is 0 Å². The molecule has 5 nitrogen and oxygen atoms in total. The average Bonchev–Trinajstić information content (AvgIpc) is 3.23. The van der Waals surface area contributed by atoms with Crippen molar-refractivity contribution in [3.63, 3.8) is 0 Å². The lowest BCUT2D eigenvalue weighted by molar-refractivity contribution is 0.245.